The fraction of sp³-hybridized carbons (Fsp3) is 0.524. The van der Waals surface area contributed by atoms with Crippen LogP contribution in [-0.2, 0) is 11.4 Å². The van der Waals surface area contributed by atoms with Crippen molar-refractivity contribution in [3.63, 3.8) is 0 Å². The molecule has 5 heteroatoms. The molecular weight excluding hydrogens is 326 g/mol. The number of hydrogen-bond acceptors (Lipinski definition) is 3. The van der Waals surface area contributed by atoms with Crippen LogP contribution in [0.3, 0.4) is 0 Å². The van der Waals surface area contributed by atoms with Gasteiger partial charge in [-0.05, 0) is 43.4 Å². The SMILES string of the molecule is Cc1ccc2c(c1)OCc1[nH]c([C@@H]3CCCN3C(=O)[C@@H](C)C(C)C)nc1-2. The third-order valence-corrected chi connectivity index (χ3v) is 5.80. The minimum Gasteiger partial charge on any atom is -0.487 e. The van der Waals surface area contributed by atoms with Gasteiger partial charge in [-0.3, -0.25) is 4.79 Å². The number of H-pyrrole nitrogens is 1. The lowest BCUT2D eigenvalue weighted by Gasteiger charge is -2.27. The number of imidazole rings is 1. The van der Waals surface area contributed by atoms with Crippen molar-refractivity contribution in [1.29, 1.82) is 0 Å². The molecule has 5 nitrogen and oxygen atoms in total. The third-order valence-electron chi connectivity index (χ3n) is 5.80. The quantitative estimate of drug-likeness (QED) is 0.898. The standard InChI is InChI=1S/C21H27N3O2/c1-12(2)14(4)21(25)24-9-5-6-17(24)20-22-16-11-26-18-10-13(3)7-8-15(18)19(16)23-20/h7-8,10,12,14,17H,5-6,9,11H2,1-4H3,(H,22,23)/t14-,17-/m0/s1. The van der Waals surface area contributed by atoms with Gasteiger partial charge in [-0.25, -0.2) is 4.98 Å². The lowest BCUT2D eigenvalue weighted by Crippen LogP contribution is -2.36. The van der Waals surface area contributed by atoms with Crippen LogP contribution in [0.25, 0.3) is 11.3 Å². The summed E-state index contributed by atoms with van der Waals surface area (Å²) >= 11 is 0. The summed E-state index contributed by atoms with van der Waals surface area (Å²) < 4.78 is 5.90. The first kappa shape index (κ1) is 17.1. The molecule has 0 aliphatic carbocycles. The Morgan fingerprint density at radius 2 is 2.15 bits per heavy atom. The van der Waals surface area contributed by atoms with Gasteiger partial charge < -0.3 is 14.6 Å². The normalized spacial score (nSPS) is 19.9. The highest BCUT2D eigenvalue weighted by Gasteiger charge is 2.36. The smallest absolute Gasteiger partial charge is 0.226 e. The molecular formula is C21H27N3O2. The predicted molar refractivity (Wildman–Crippen MR) is 101 cm³/mol. The van der Waals surface area contributed by atoms with Crippen LogP contribution in [0.2, 0.25) is 0 Å². The van der Waals surface area contributed by atoms with Gasteiger partial charge in [0, 0.05) is 18.0 Å². The lowest BCUT2D eigenvalue weighted by atomic mass is 9.96. The fourth-order valence-electron chi connectivity index (χ4n) is 3.87. The molecule has 2 aliphatic heterocycles. The average Bonchev–Trinajstić information content (AvgIpc) is 3.26. The van der Waals surface area contributed by atoms with E-state index in [9.17, 15) is 4.79 Å². The van der Waals surface area contributed by atoms with Gasteiger partial charge in [0.2, 0.25) is 5.91 Å². The van der Waals surface area contributed by atoms with E-state index in [-0.39, 0.29) is 17.9 Å². The molecule has 26 heavy (non-hydrogen) atoms. The van der Waals surface area contributed by atoms with Gasteiger partial charge in [0.05, 0.1) is 17.4 Å². The molecule has 3 heterocycles. The molecule has 1 aromatic carbocycles. The summed E-state index contributed by atoms with van der Waals surface area (Å²) in [5.74, 6) is 2.41. The number of likely N-dealkylation sites (tertiary alicyclic amines) is 1. The summed E-state index contributed by atoms with van der Waals surface area (Å²) in [5.41, 5.74) is 4.19. The van der Waals surface area contributed by atoms with Crippen molar-refractivity contribution in [2.24, 2.45) is 11.8 Å². The highest BCUT2D eigenvalue weighted by atomic mass is 16.5. The summed E-state index contributed by atoms with van der Waals surface area (Å²) in [6.07, 6.45) is 1.99. The van der Waals surface area contributed by atoms with Gasteiger partial charge >= 0.3 is 0 Å². The number of benzene rings is 1. The number of amides is 1. The molecule has 2 atom stereocenters. The Bertz CT molecular complexity index is 840. The summed E-state index contributed by atoms with van der Waals surface area (Å²) in [4.78, 5) is 23.3. The monoisotopic (exact) mass is 353 g/mol. The Morgan fingerprint density at radius 1 is 1.35 bits per heavy atom. The number of rotatable bonds is 3. The molecule has 2 aromatic rings. The van der Waals surface area contributed by atoms with Gasteiger partial charge in [0.15, 0.2) is 0 Å². The van der Waals surface area contributed by atoms with Crippen LogP contribution < -0.4 is 4.74 Å². The Hall–Kier alpha value is -2.30. The van der Waals surface area contributed by atoms with Crippen molar-refractivity contribution >= 4 is 5.91 Å². The molecule has 2 aliphatic rings. The van der Waals surface area contributed by atoms with Crippen LogP contribution in [0.4, 0.5) is 0 Å². The molecule has 1 N–H and O–H groups in total. The van der Waals surface area contributed by atoms with Gasteiger partial charge in [0.25, 0.3) is 0 Å². The van der Waals surface area contributed by atoms with E-state index in [4.69, 9.17) is 9.72 Å². The first-order valence-corrected chi connectivity index (χ1v) is 9.58. The zero-order valence-electron chi connectivity index (χ0n) is 16.0. The van der Waals surface area contributed by atoms with Crippen LogP contribution in [0, 0.1) is 18.8 Å². The predicted octanol–water partition coefficient (Wildman–Crippen LogP) is 4.23. The largest absolute Gasteiger partial charge is 0.487 e. The number of nitrogens with zero attached hydrogens (tertiary/aromatic N) is 2. The molecule has 1 saturated heterocycles. The van der Waals surface area contributed by atoms with E-state index in [1.165, 1.54) is 5.56 Å². The molecule has 0 saturated carbocycles. The lowest BCUT2D eigenvalue weighted by molar-refractivity contribution is -0.137. The van der Waals surface area contributed by atoms with Gasteiger partial charge in [-0.1, -0.05) is 26.8 Å². The van der Waals surface area contributed by atoms with E-state index in [1.54, 1.807) is 0 Å². The Morgan fingerprint density at radius 3 is 2.92 bits per heavy atom. The highest BCUT2D eigenvalue weighted by Crippen LogP contribution is 2.39. The van der Waals surface area contributed by atoms with Crippen molar-refractivity contribution in [1.82, 2.24) is 14.9 Å². The molecule has 1 fully saturated rings. The second-order valence-corrected chi connectivity index (χ2v) is 7.96. The molecule has 0 bridgehead atoms. The van der Waals surface area contributed by atoms with E-state index >= 15 is 0 Å². The third kappa shape index (κ3) is 2.79. The number of ether oxygens (including phenoxy) is 1. The van der Waals surface area contributed by atoms with Crippen molar-refractivity contribution in [3.05, 3.63) is 35.3 Å². The second-order valence-electron chi connectivity index (χ2n) is 7.96. The van der Waals surface area contributed by atoms with Crippen LogP contribution in [0.1, 0.15) is 56.7 Å². The molecule has 0 unspecified atom stereocenters. The van der Waals surface area contributed by atoms with E-state index in [0.29, 0.717) is 12.5 Å². The molecule has 138 valence electrons. The topological polar surface area (TPSA) is 58.2 Å². The zero-order chi connectivity index (χ0) is 18.4. The van der Waals surface area contributed by atoms with E-state index in [1.807, 2.05) is 11.8 Å². The van der Waals surface area contributed by atoms with Crippen molar-refractivity contribution < 1.29 is 9.53 Å². The second kappa shape index (κ2) is 6.45. The number of aromatic nitrogens is 2. The van der Waals surface area contributed by atoms with Gasteiger partial charge in [-0.2, -0.15) is 0 Å². The summed E-state index contributed by atoms with van der Waals surface area (Å²) in [6.45, 7) is 9.63. The summed E-state index contributed by atoms with van der Waals surface area (Å²) in [5, 5.41) is 0. The molecule has 4 rings (SSSR count). The van der Waals surface area contributed by atoms with Gasteiger partial charge in [0.1, 0.15) is 18.2 Å². The van der Waals surface area contributed by atoms with Crippen LogP contribution in [0.5, 0.6) is 5.75 Å². The maximum atomic E-state index is 12.9. The minimum atomic E-state index is 0.0345. The molecule has 1 aromatic heterocycles. The number of aromatic amines is 1. The minimum absolute atomic E-state index is 0.0345. The maximum Gasteiger partial charge on any atom is 0.226 e. The number of hydrogen-bond donors (Lipinski definition) is 1. The number of fused-ring (bicyclic) bond motifs is 3. The van der Waals surface area contributed by atoms with Crippen LogP contribution in [0.15, 0.2) is 18.2 Å². The first-order chi connectivity index (χ1) is 12.5. The first-order valence-electron chi connectivity index (χ1n) is 9.58. The average molecular weight is 353 g/mol. The molecule has 0 radical (unpaired) electrons. The fourth-order valence-corrected chi connectivity index (χ4v) is 3.87. The summed E-state index contributed by atoms with van der Waals surface area (Å²) in [7, 11) is 0. The number of carbonyl (C=O) groups is 1. The highest BCUT2D eigenvalue weighted by molar-refractivity contribution is 5.79. The summed E-state index contributed by atoms with van der Waals surface area (Å²) in [6, 6.07) is 6.26. The van der Waals surface area contributed by atoms with Crippen molar-refractivity contribution in [2.75, 3.05) is 6.54 Å². The van der Waals surface area contributed by atoms with E-state index in [0.717, 1.165) is 47.9 Å². The van der Waals surface area contributed by atoms with Crippen molar-refractivity contribution in [3.8, 4) is 17.0 Å². The molecule has 0 spiro atoms. The van der Waals surface area contributed by atoms with Crippen LogP contribution >= 0.6 is 0 Å². The Labute approximate surface area is 154 Å². The molecule has 1 amide bonds. The number of nitrogens with one attached hydrogen (secondary N) is 1. The van der Waals surface area contributed by atoms with Crippen LogP contribution in [-0.4, -0.2) is 27.3 Å². The zero-order valence-corrected chi connectivity index (χ0v) is 16.0. The van der Waals surface area contributed by atoms with E-state index in [2.05, 4.69) is 44.0 Å². The Balaban J connectivity index is 1.65. The van der Waals surface area contributed by atoms with Gasteiger partial charge in [-0.15, -0.1) is 0 Å². The van der Waals surface area contributed by atoms with E-state index < -0.39 is 0 Å². The maximum absolute atomic E-state index is 12.9. The Kier molecular flexibility index (Phi) is 4.25. The number of aryl methyl sites for hydroxylation is 1. The van der Waals surface area contributed by atoms with Crippen molar-refractivity contribution in [2.45, 2.75) is 53.2 Å². The number of carbonyl (C=O) groups excluding carboxylic acids is 1.